The third kappa shape index (κ3) is 4.08. The molecule has 0 N–H and O–H groups in total. The van der Waals surface area contributed by atoms with E-state index in [2.05, 4.69) is 6.58 Å². The van der Waals surface area contributed by atoms with Gasteiger partial charge in [-0.1, -0.05) is 25.7 Å². The fourth-order valence-corrected chi connectivity index (χ4v) is 0.537. The molecule has 3 heteroatoms. The first-order valence-electron chi connectivity index (χ1n) is 3.36. The van der Waals surface area contributed by atoms with Crippen LogP contribution >= 0.6 is 0 Å². The van der Waals surface area contributed by atoms with Crippen molar-refractivity contribution in [1.82, 2.24) is 0 Å². The van der Waals surface area contributed by atoms with Crippen LogP contribution in [0.3, 0.4) is 0 Å². The molecule has 0 saturated heterocycles. The molecule has 0 aromatic rings. The van der Waals surface area contributed by atoms with E-state index in [-0.39, 0.29) is 5.70 Å². The summed E-state index contributed by atoms with van der Waals surface area (Å²) in [5, 5.41) is 10.2. The van der Waals surface area contributed by atoms with Gasteiger partial charge in [0.05, 0.1) is 4.92 Å². The van der Waals surface area contributed by atoms with Gasteiger partial charge in [0.1, 0.15) is 0 Å². The molecule has 60 valence electrons. The molecule has 0 bridgehead atoms. The molecule has 0 unspecified atom stereocenters. The second-order valence-electron chi connectivity index (χ2n) is 1.89. The Hall–Kier alpha value is -1.38. The molecule has 0 aromatic carbocycles. The summed E-state index contributed by atoms with van der Waals surface area (Å²) in [6.45, 7) is 5.29. The predicted molar refractivity (Wildman–Crippen MR) is 44.7 cm³/mol. The second kappa shape index (κ2) is 5.41. The maximum Gasteiger partial charge on any atom is 0.269 e. The third-order valence-electron chi connectivity index (χ3n) is 1.02. The smallest absolute Gasteiger partial charge is 0.258 e. The monoisotopic (exact) mass is 153 g/mol. The van der Waals surface area contributed by atoms with E-state index >= 15 is 0 Å². The van der Waals surface area contributed by atoms with Gasteiger partial charge in [0, 0.05) is 12.2 Å². The van der Waals surface area contributed by atoms with Crippen LogP contribution in [0.25, 0.3) is 0 Å². The topological polar surface area (TPSA) is 43.1 Å². The van der Waals surface area contributed by atoms with Gasteiger partial charge in [-0.25, -0.2) is 0 Å². The lowest BCUT2D eigenvalue weighted by atomic mass is 10.3. The van der Waals surface area contributed by atoms with Crippen LogP contribution in [-0.2, 0) is 0 Å². The molecular weight excluding hydrogens is 142 g/mol. The number of hydrogen-bond donors (Lipinski definition) is 0. The average molecular weight is 153 g/mol. The number of nitro groups is 1. The number of nitrogens with zero attached hydrogens (tertiary/aromatic N) is 1. The van der Waals surface area contributed by atoms with Crippen molar-refractivity contribution in [3.05, 3.63) is 46.7 Å². The summed E-state index contributed by atoms with van der Waals surface area (Å²) < 4.78 is 0. The van der Waals surface area contributed by atoms with Crippen LogP contribution in [0.1, 0.15) is 13.3 Å². The Bertz CT molecular complexity index is 204. The zero-order valence-electron chi connectivity index (χ0n) is 6.49. The Balaban J connectivity index is 4.35. The van der Waals surface area contributed by atoms with E-state index < -0.39 is 4.92 Å². The van der Waals surface area contributed by atoms with Crippen LogP contribution in [0.4, 0.5) is 0 Å². The van der Waals surface area contributed by atoms with Crippen molar-refractivity contribution < 1.29 is 4.92 Å². The van der Waals surface area contributed by atoms with Gasteiger partial charge in [0.25, 0.3) is 5.70 Å². The van der Waals surface area contributed by atoms with Crippen molar-refractivity contribution in [1.29, 1.82) is 0 Å². The van der Waals surface area contributed by atoms with Gasteiger partial charge in [0.15, 0.2) is 0 Å². The quantitative estimate of drug-likeness (QED) is 0.353. The maximum absolute atomic E-state index is 10.2. The molecule has 0 aliphatic carbocycles. The molecule has 0 rings (SSSR count). The molecular formula is C8H11NO2. The van der Waals surface area contributed by atoms with Crippen molar-refractivity contribution in [3.63, 3.8) is 0 Å². The number of rotatable bonds is 4. The first kappa shape index (κ1) is 9.62. The summed E-state index contributed by atoms with van der Waals surface area (Å²) in [7, 11) is 0. The van der Waals surface area contributed by atoms with E-state index in [4.69, 9.17) is 0 Å². The zero-order valence-corrected chi connectivity index (χ0v) is 6.49. The maximum atomic E-state index is 10.2. The first-order chi connectivity index (χ1) is 5.22. The first-order valence-corrected chi connectivity index (χ1v) is 3.36. The summed E-state index contributed by atoms with van der Waals surface area (Å²) in [5.74, 6) is 0. The average Bonchev–Trinajstić information content (AvgIpc) is 1.97. The Kier molecular flexibility index (Phi) is 4.73. The molecule has 11 heavy (non-hydrogen) atoms. The predicted octanol–water partition coefficient (Wildman–Crippen LogP) is 2.30. The van der Waals surface area contributed by atoms with E-state index in [9.17, 15) is 10.1 Å². The Morgan fingerprint density at radius 1 is 1.73 bits per heavy atom. The highest BCUT2D eigenvalue weighted by atomic mass is 16.6. The highest BCUT2D eigenvalue weighted by Crippen LogP contribution is 1.98. The summed E-state index contributed by atoms with van der Waals surface area (Å²) in [5.41, 5.74) is 0.0712. The summed E-state index contributed by atoms with van der Waals surface area (Å²) >= 11 is 0. The van der Waals surface area contributed by atoms with Crippen LogP contribution in [0.2, 0.25) is 0 Å². The molecule has 0 spiro atoms. The van der Waals surface area contributed by atoms with Crippen LogP contribution < -0.4 is 0 Å². The number of allylic oxidation sites excluding steroid dienone is 4. The molecule has 0 saturated carbocycles. The largest absolute Gasteiger partial charge is 0.269 e. The van der Waals surface area contributed by atoms with E-state index in [1.807, 2.05) is 6.92 Å². The Morgan fingerprint density at radius 2 is 2.36 bits per heavy atom. The second-order valence-corrected chi connectivity index (χ2v) is 1.89. The van der Waals surface area contributed by atoms with Gasteiger partial charge in [-0.2, -0.15) is 0 Å². The minimum atomic E-state index is -0.437. The van der Waals surface area contributed by atoms with Gasteiger partial charge < -0.3 is 0 Å². The van der Waals surface area contributed by atoms with Gasteiger partial charge in [0.2, 0.25) is 0 Å². The lowest BCUT2D eigenvalue weighted by molar-refractivity contribution is -0.419. The van der Waals surface area contributed by atoms with E-state index in [0.717, 1.165) is 6.42 Å². The van der Waals surface area contributed by atoms with Crippen molar-refractivity contribution in [3.8, 4) is 0 Å². The van der Waals surface area contributed by atoms with Crippen molar-refractivity contribution in [2.75, 3.05) is 0 Å². The molecule has 0 heterocycles. The fraction of sp³-hybridized carbons (Fsp3) is 0.250. The normalized spacial score (nSPS) is 11.9. The Labute approximate surface area is 65.9 Å². The Morgan fingerprint density at radius 3 is 2.73 bits per heavy atom. The van der Waals surface area contributed by atoms with Crippen LogP contribution in [0, 0.1) is 10.1 Å². The van der Waals surface area contributed by atoms with E-state index in [0.29, 0.717) is 0 Å². The molecule has 0 atom stereocenters. The molecule has 0 aliphatic heterocycles. The number of hydrogen-bond acceptors (Lipinski definition) is 2. The standard InChI is InChI=1S/C8H11NO2/c1-3-5-7-8(6-4-2)9(10)11/h4-7H,2-3H2,1H3/b7-5-,8-6+. The molecule has 3 nitrogen and oxygen atoms in total. The SMILES string of the molecule is C=C/C=C(\C=C/CC)[N+](=O)[O-]. The fourth-order valence-electron chi connectivity index (χ4n) is 0.537. The third-order valence-corrected chi connectivity index (χ3v) is 1.02. The van der Waals surface area contributed by atoms with Gasteiger partial charge in [-0.3, -0.25) is 10.1 Å². The lowest BCUT2D eigenvalue weighted by Crippen LogP contribution is -1.94. The highest BCUT2D eigenvalue weighted by molar-refractivity contribution is 5.15. The molecule has 0 aliphatic rings. The van der Waals surface area contributed by atoms with Gasteiger partial charge in [-0.05, 0) is 6.42 Å². The molecule has 0 amide bonds. The molecule has 0 radical (unpaired) electrons. The van der Waals surface area contributed by atoms with Crippen molar-refractivity contribution >= 4 is 0 Å². The van der Waals surface area contributed by atoms with Crippen molar-refractivity contribution in [2.24, 2.45) is 0 Å². The summed E-state index contributed by atoms with van der Waals surface area (Å²) in [4.78, 5) is 9.80. The van der Waals surface area contributed by atoms with Gasteiger partial charge >= 0.3 is 0 Å². The molecule has 0 aromatic heterocycles. The lowest BCUT2D eigenvalue weighted by Gasteiger charge is -1.87. The van der Waals surface area contributed by atoms with E-state index in [1.54, 1.807) is 6.08 Å². The molecule has 0 fully saturated rings. The van der Waals surface area contributed by atoms with Gasteiger partial charge in [-0.15, -0.1) is 0 Å². The van der Waals surface area contributed by atoms with Crippen LogP contribution in [0.5, 0.6) is 0 Å². The van der Waals surface area contributed by atoms with E-state index in [1.165, 1.54) is 18.2 Å². The summed E-state index contributed by atoms with van der Waals surface area (Å²) in [6.07, 6.45) is 6.77. The highest BCUT2D eigenvalue weighted by Gasteiger charge is 2.01. The summed E-state index contributed by atoms with van der Waals surface area (Å²) in [6, 6.07) is 0. The van der Waals surface area contributed by atoms with Crippen LogP contribution in [0.15, 0.2) is 36.6 Å². The minimum absolute atomic E-state index is 0.0712. The van der Waals surface area contributed by atoms with Crippen LogP contribution in [-0.4, -0.2) is 4.92 Å². The van der Waals surface area contributed by atoms with Crippen molar-refractivity contribution in [2.45, 2.75) is 13.3 Å². The zero-order chi connectivity index (χ0) is 8.69. The minimum Gasteiger partial charge on any atom is -0.258 e.